The molecule has 0 amide bonds. The van der Waals surface area contributed by atoms with Crippen LogP contribution in [0.15, 0.2) is 27.7 Å². The Morgan fingerprint density at radius 2 is 2.25 bits per heavy atom. The van der Waals surface area contributed by atoms with E-state index < -0.39 is 5.97 Å². The van der Waals surface area contributed by atoms with Gasteiger partial charge in [-0.15, -0.1) is 0 Å². The molecular formula is C14H14BrN5O4. The Hall–Kier alpha value is -2.49. The summed E-state index contributed by atoms with van der Waals surface area (Å²) < 4.78 is 6.37. The van der Waals surface area contributed by atoms with Crippen LogP contribution in [0, 0.1) is 10.4 Å². The van der Waals surface area contributed by atoms with Crippen molar-refractivity contribution in [3.05, 3.63) is 33.1 Å². The Kier molecular flexibility index (Phi) is 4.74. The molecule has 1 aromatic heterocycles. The molecule has 0 radical (unpaired) electrons. The van der Waals surface area contributed by atoms with Gasteiger partial charge in [0.2, 0.25) is 5.10 Å². The maximum atomic E-state index is 12.2. The van der Waals surface area contributed by atoms with E-state index in [0.29, 0.717) is 27.0 Å². The summed E-state index contributed by atoms with van der Waals surface area (Å²) in [6.45, 7) is 0.785. The lowest BCUT2D eigenvalue weighted by molar-refractivity contribution is -0.672. The summed E-state index contributed by atoms with van der Waals surface area (Å²) in [6.07, 6.45) is 2.07. The number of fused-ring (bicyclic) bond motifs is 1. The number of esters is 1. The van der Waals surface area contributed by atoms with E-state index in [0.717, 1.165) is 0 Å². The van der Waals surface area contributed by atoms with Gasteiger partial charge in [0.15, 0.2) is 5.52 Å². The van der Waals surface area contributed by atoms with Crippen LogP contribution in [0.3, 0.4) is 0 Å². The van der Waals surface area contributed by atoms with Crippen molar-refractivity contribution < 1.29 is 19.1 Å². The Labute approximate surface area is 145 Å². The third-order valence-corrected chi connectivity index (χ3v) is 3.94. The summed E-state index contributed by atoms with van der Waals surface area (Å²) in [5.74, 6) is -0.576. The number of nitrogens with zero attached hydrogens (tertiary/aromatic N) is 4. The Balaban J connectivity index is 1.65. The van der Waals surface area contributed by atoms with Gasteiger partial charge in [-0.2, -0.15) is 0 Å². The van der Waals surface area contributed by atoms with Gasteiger partial charge in [0.05, 0.1) is 13.0 Å². The summed E-state index contributed by atoms with van der Waals surface area (Å²) in [4.78, 5) is 16.0. The van der Waals surface area contributed by atoms with Gasteiger partial charge in [-0.1, -0.05) is 15.9 Å². The molecular weight excluding hydrogens is 382 g/mol. The van der Waals surface area contributed by atoms with Crippen molar-refractivity contribution in [2.45, 2.75) is 18.9 Å². The van der Waals surface area contributed by atoms with Gasteiger partial charge in [0.1, 0.15) is 6.10 Å². The first-order chi connectivity index (χ1) is 11.5. The molecule has 0 bridgehead atoms. The van der Waals surface area contributed by atoms with Crippen LogP contribution in [0.1, 0.15) is 12.8 Å². The fourth-order valence-electron chi connectivity index (χ4n) is 2.29. The summed E-state index contributed by atoms with van der Waals surface area (Å²) in [5, 5.41) is 30.5. The lowest BCUT2D eigenvalue weighted by Crippen LogP contribution is -2.44. The van der Waals surface area contributed by atoms with E-state index in [9.17, 15) is 15.2 Å². The highest BCUT2D eigenvalue weighted by Crippen LogP contribution is 2.14. The number of aliphatic imine (C=N–C) groups is 1. The van der Waals surface area contributed by atoms with Crippen molar-refractivity contribution in [1.29, 1.82) is 0 Å². The first-order valence-corrected chi connectivity index (χ1v) is 8.10. The quantitative estimate of drug-likeness (QED) is 0.446. The molecule has 2 aromatic rings. The number of ether oxygens (including phenoxy) is 1. The normalized spacial score (nSPS) is 16.5. The fourth-order valence-corrected chi connectivity index (χ4v) is 2.63. The van der Waals surface area contributed by atoms with Crippen LogP contribution in [0.25, 0.3) is 11.0 Å². The van der Waals surface area contributed by atoms with Gasteiger partial charge < -0.3 is 15.2 Å². The van der Waals surface area contributed by atoms with Crippen molar-refractivity contribution >= 4 is 45.1 Å². The molecule has 9 nitrogen and oxygen atoms in total. The topological polar surface area (TPSA) is 117 Å². The van der Waals surface area contributed by atoms with E-state index in [2.05, 4.69) is 31.3 Å². The van der Waals surface area contributed by atoms with Crippen LogP contribution < -0.4 is 14.9 Å². The van der Waals surface area contributed by atoms with Gasteiger partial charge in [-0.3, -0.25) is 15.1 Å². The first kappa shape index (κ1) is 16.4. The number of hydrogen-bond acceptors (Lipinski definition) is 7. The third kappa shape index (κ3) is 3.53. The smallest absolute Gasteiger partial charge is 0.460 e. The first-order valence-electron chi connectivity index (χ1n) is 7.30. The molecule has 0 saturated heterocycles. The van der Waals surface area contributed by atoms with E-state index in [1.807, 2.05) is 0 Å². The molecule has 3 rings (SSSR count). The van der Waals surface area contributed by atoms with E-state index in [-0.39, 0.29) is 36.1 Å². The minimum absolute atomic E-state index is 0.0449. The van der Waals surface area contributed by atoms with Crippen molar-refractivity contribution in [1.82, 2.24) is 5.10 Å². The second kappa shape index (κ2) is 6.95. The number of carbonyl (C=O) groups is 1. The predicted octanol–water partition coefficient (Wildman–Crippen LogP) is 0.452. The van der Waals surface area contributed by atoms with Gasteiger partial charge in [-0.05, 0) is 12.1 Å². The maximum Gasteiger partial charge on any atom is 0.460 e. The van der Waals surface area contributed by atoms with Crippen LogP contribution >= 0.6 is 15.9 Å². The molecule has 2 heterocycles. The van der Waals surface area contributed by atoms with E-state index in [1.165, 1.54) is 12.1 Å². The van der Waals surface area contributed by atoms with Crippen molar-refractivity contribution in [3.63, 3.8) is 0 Å². The average Bonchev–Trinajstić information content (AvgIpc) is 3.05. The summed E-state index contributed by atoms with van der Waals surface area (Å²) >= 11 is 3.24. The highest BCUT2D eigenvalue weighted by atomic mass is 79.9. The second-order valence-corrected chi connectivity index (χ2v) is 6.09. The molecule has 10 heteroatoms. The molecule has 0 unspecified atom stereocenters. The minimum Gasteiger partial charge on any atom is -0.739 e. The van der Waals surface area contributed by atoms with Crippen LogP contribution in [0.5, 0.6) is 0 Å². The number of carbonyl (C=O) groups excluding carboxylic acids is 1. The van der Waals surface area contributed by atoms with Gasteiger partial charge >= 0.3 is 17.4 Å². The van der Waals surface area contributed by atoms with Gasteiger partial charge in [0, 0.05) is 34.6 Å². The molecule has 0 spiro atoms. The highest BCUT2D eigenvalue weighted by Gasteiger charge is 2.21. The van der Waals surface area contributed by atoms with E-state index in [4.69, 9.17) is 4.74 Å². The number of rotatable bonds is 5. The van der Waals surface area contributed by atoms with Gasteiger partial charge in [0.25, 0.3) is 0 Å². The summed E-state index contributed by atoms with van der Waals surface area (Å²) in [6, 6.07) is 4.68. The molecule has 24 heavy (non-hydrogen) atoms. The Morgan fingerprint density at radius 1 is 1.42 bits per heavy atom. The molecule has 1 aliphatic rings. The standard InChI is InChI=1S/C14H14BrN5O4/c15-9-1-2-11-12(7-9)20(23)18-14(19(11)22)17-6-4-13(21)24-10-3-5-16-8-10/h1-2,7-8,10H,3-6H2,(H,17,18)/t10-/m1/s1. The molecule has 126 valence electrons. The molecule has 0 fully saturated rings. The molecule has 0 saturated carbocycles. The van der Waals surface area contributed by atoms with Crippen LogP contribution in [-0.2, 0) is 9.53 Å². The lowest BCUT2D eigenvalue weighted by atomic mass is 10.3. The SMILES string of the molecule is O=C(CCNc1n[n+]([O-])c2cc(Br)ccc2[n+]1[O-])O[C@H]1C=NCC1. The highest BCUT2D eigenvalue weighted by molar-refractivity contribution is 9.10. The number of halogens is 1. The zero-order valence-electron chi connectivity index (χ0n) is 12.5. The fraction of sp³-hybridized carbons (Fsp3) is 0.357. The maximum absolute atomic E-state index is 12.2. The monoisotopic (exact) mass is 395 g/mol. The third-order valence-electron chi connectivity index (χ3n) is 3.45. The number of anilines is 1. The van der Waals surface area contributed by atoms with E-state index in [1.54, 1.807) is 12.3 Å². The summed E-state index contributed by atoms with van der Waals surface area (Å²) in [5.41, 5.74) is 0.320. The zero-order chi connectivity index (χ0) is 17.1. The molecule has 1 aromatic carbocycles. The van der Waals surface area contributed by atoms with Crippen LogP contribution in [-0.4, -0.2) is 36.5 Å². The number of nitrogens with one attached hydrogen (secondary N) is 1. The molecule has 1 N–H and O–H groups in total. The van der Waals surface area contributed by atoms with E-state index >= 15 is 0 Å². The second-order valence-electron chi connectivity index (χ2n) is 5.17. The Morgan fingerprint density at radius 3 is 3.00 bits per heavy atom. The van der Waals surface area contributed by atoms with Crippen molar-refractivity contribution in [2.24, 2.45) is 4.99 Å². The van der Waals surface area contributed by atoms with Crippen molar-refractivity contribution in [2.75, 3.05) is 18.4 Å². The molecule has 1 aliphatic heterocycles. The number of hydrogen-bond donors (Lipinski definition) is 1. The van der Waals surface area contributed by atoms with Crippen molar-refractivity contribution in [3.8, 4) is 0 Å². The van der Waals surface area contributed by atoms with Gasteiger partial charge in [-0.25, -0.2) is 4.73 Å². The summed E-state index contributed by atoms with van der Waals surface area (Å²) in [7, 11) is 0. The minimum atomic E-state index is -0.405. The molecule has 0 aliphatic carbocycles. The number of aromatic nitrogens is 3. The van der Waals surface area contributed by atoms with Crippen LogP contribution in [0.2, 0.25) is 0 Å². The average molecular weight is 396 g/mol. The Bertz CT molecular complexity index is 813. The zero-order valence-corrected chi connectivity index (χ0v) is 14.1. The largest absolute Gasteiger partial charge is 0.739 e. The lowest BCUT2D eigenvalue weighted by Gasteiger charge is -2.11. The predicted molar refractivity (Wildman–Crippen MR) is 88.3 cm³/mol. The van der Waals surface area contributed by atoms with Crippen LogP contribution in [0.4, 0.5) is 5.95 Å². The molecule has 1 atom stereocenters. The number of benzene rings is 1.